The van der Waals surface area contributed by atoms with Gasteiger partial charge in [0.25, 0.3) is 0 Å². The number of amides is 2. The van der Waals surface area contributed by atoms with Crippen LogP contribution in [0.15, 0.2) is 42.5 Å². The van der Waals surface area contributed by atoms with E-state index in [0.717, 1.165) is 37.1 Å². The van der Waals surface area contributed by atoms with E-state index < -0.39 is 0 Å². The molecule has 1 saturated heterocycles. The van der Waals surface area contributed by atoms with Gasteiger partial charge in [0.2, 0.25) is 0 Å². The number of piperidine rings is 1. The number of halogens is 1. The summed E-state index contributed by atoms with van der Waals surface area (Å²) in [7, 11) is 2.08. The SMILES string of the molecule is CC(C)COc1ccc(CNC(=O)N(Cc2ccc(F)cc2)C2CCN(C)CC2)cc1O. The molecular formula is C25H34FN3O3. The Morgan fingerprint density at radius 1 is 1.19 bits per heavy atom. The van der Waals surface area contributed by atoms with E-state index >= 15 is 0 Å². The van der Waals surface area contributed by atoms with Gasteiger partial charge in [-0.15, -0.1) is 0 Å². The number of likely N-dealkylation sites (tertiary alicyclic amines) is 1. The zero-order chi connectivity index (χ0) is 23.1. The van der Waals surface area contributed by atoms with Crippen molar-refractivity contribution in [1.82, 2.24) is 15.1 Å². The second-order valence-corrected chi connectivity index (χ2v) is 8.95. The number of benzene rings is 2. The number of hydrogen-bond acceptors (Lipinski definition) is 4. The van der Waals surface area contributed by atoms with Gasteiger partial charge >= 0.3 is 6.03 Å². The van der Waals surface area contributed by atoms with E-state index in [2.05, 4.69) is 17.3 Å². The maximum atomic E-state index is 13.3. The summed E-state index contributed by atoms with van der Waals surface area (Å²) in [4.78, 5) is 17.2. The molecule has 0 spiro atoms. The molecule has 1 heterocycles. The van der Waals surface area contributed by atoms with Gasteiger partial charge in [-0.1, -0.05) is 32.0 Å². The fraction of sp³-hybridized carbons (Fsp3) is 0.480. The first kappa shape index (κ1) is 23.9. The van der Waals surface area contributed by atoms with Crippen molar-refractivity contribution in [2.45, 2.75) is 45.8 Å². The van der Waals surface area contributed by atoms with Crippen molar-refractivity contribution in [2.24, 2.45) is 5.92 Å². The molecule has 0 unspecified atom stereocenters. The standard InChI is InChI=1S/C25H34FN3O3/c1-18(2)17-32-24-9-6-20(14-23(24)30)15-27-25(31)29(22-10-12-28(3)13-11-22)16-19-4-7-21(26)8-5-19/h4-9,14,18,22,30H,10-13,15-17H2,1-3H3,(H,27,31). The van der Waals surface area contributed by atoms with Crippen LogP contribution >= 0.6 is 0 Å². The summed E-state index contributed by atoms with van der Waals surface area (Å²) in [5, 5.41) is 13.2. The number of ether oxygens (including phenoxy) is 1. The number of urea groups is 1. The molecule has 0 bridgehead atoms. The summed E-state index contributed by atoms with van der Waals surface area (Å²) >= 11 is 0. The summed E-state index contributed by atoms with van der Waals surface area (Å²) in [6, 6.07) is 11.4. The van der Waals surface area contributed by atoms with E-state index in [0.29, 0.717) is 31.4 Å². The third kappa shape index (κ3) is 6.85. The molecule has 0 aromatic heterocycles. The van der Waals surface area contributed by atoms with Crippen LogP contribution < -0.4 is 10.1 Å². The highest BCUT2D eigenvalue weighted by Crippen LogP contribution is 2.27. The highest BCUT2D eigenvalue weighted by atomic mass is 19.1. The Balaban J connectivity index is 1.65. The van der Waals surface area contributed by atoms with Gasteiger partial charge in [0.1, 0.15) is 5.82 Å². The number of aromatic hydroxyl groups is 1. The summed E-state index contributed by atoms with van der Waals surface area (Å²) in [5.74, 6) is 0.582. The number of phenols is 1. The normalized spacial score (nSPS) is 15.0. The van der Waals surface area contributed by atoms with E-state index in [1.165, 1.54) is 12.1 Å². The van der Waals surface area contributed by atoms with E-state index in [4.69, 9.17) is 4.74 Å². The predicted molar refractivity (Wildman–Crippen MR) is 123 cm³/mol. The lowest BCUT2D eigenvalue weighted by molar-refractivity contribution is 0.127. The van der Waals surface area contributed by atoms with Crippen molar-refractivity contribution in [1.29, 1.82) is 0 Å². The lowest BCUT2D eigenvalue weighted by atomic mass is 10.0. The van der Waals surface area contributed by atoms with Crippen LogP contribution in [0.3, 0.4) is 0 Å². The molecule has 3 rings (SSSR count). The molecule has 2 amide bonds. The molecule has 32 heavy (non-hydrogen) atoms. The highest BCUT2D eigenvalue weighted by molar-refractivity contribution is 5.74. The molecule has 6 nitrogen and oxygen atoms in total. The molecule has 2 aromatic rings. The van der Waals surface area contributed by atoms with Crippen molar-refractivity contribution >= 4 is 6.03 Å². The van der Waals surface area contributed by atoms with Crippen LogP contribution in [0, 0.1) is 11.7 Å². The van der Waals surface area contributed by atoms with Crippen molar-refractivity contribution in [3.63, 3.8) is 0 Å². The molecule has 2 N–H and O–H groups in total. The Labute approximate surface area is 190 Å². The smallest absolute Gasteiger partial charge is 0.318 e. The van der Waals surface area contributed by atoms with E-state index in [9.17, 15) is 14.3 Å². The zero-order valence-corrected chi connectivity index (χ0v) is 19.2. The molecule has 0 atom stereocenters. The predicted octanol–water partition coefficient (Wildman–Crippen LogP) is 4.37. The molecule has 174 valence electrons. The largest absolute Gasteiger partial charge is 0.504 e. The van der Waals surface area contributed by atoms with Crippen LogP contribution in [0.5, 0.6) is 11.5 Å². The summed E-state index contributed by atoms with van der Waals surface area (Å²) in [5.41, 5.74) is 1.68. The molecule has 1 aliphatic heterocycles. The third-order valence-electron chi connectivity index (χ3n) is 5.70. The summed E-state index contributed by atoms with van der Waals surface area (Å²) < 4.78 is 18.9. The van der Waals surface area contributed by atoms with Gasteiger partial charge in [-0.2, -0.15) is 0 Å². The van der Waals surface area contributed by atoms with Crippen molar-refractivity contribution in [2.75, 3.05) is 26.7 Å². The summed E-state index contributed by atoms with van der Waals surface area (Å²) in [6.07, 6.45) is 1.79. The molecule has 0 aliphatic carbocycles. The molecule has 1 fully saturated rings. The number of carbonyl (C=O) groups is 1. The maximum Gasteiger partial charge on any atom is 0.318 e. The Bertz CT molecular complexity index is 881. The van der Waals surface area contributed by atoms with Crippen molar-refractivity contribution < 1.29 is 19.0 Å². The minimum Gasteiger partial charge on any atom is -0.504 e. The lowest BCUT2D eigenvalue weighted by Crippen LogP contribution is -2.49. The topological polar surface area (TPSA) is 65.0 Å². The van der Waals surface area contributed by atoms with Crippen LogP contribution in [-0.2, 0) is 13.1 Å². The number of rotatable bonds is 8. The van der Waals surface area contributed by atoms with Crippen LogP contribution in [0.4, 0.5) is 9.18 Å². The molecular weight excluding hydrogens is 409 g/mol. The van der Waals surface area contributed by atoms with Crippen LogP contribution in [0.25, 0.3) is 0 Å². The first-order chi connectivity index (χ1) is 15.3. The number of hydrogen-bond donors (Lipinski definition) is 2. The van der Waals surface area contributed by atoms with Gasteiger partial charge in [0.15, 0.2) is 11.5 Å². The van der Waals surface area contributed by atoms with Gasteiger partial charge in [-0.05, 0) is 74.3 Å². The van der Waals surface area contributed by atoms with Crippen molar-refractivity contribution in [3.8, 4) is 11.5 Å². The second-order valence-electron chi connectivity index (χ2n) is 8.95. The zero-order valence-electron chi connectivity index (χ0n) is 19.2. The minimum absolute atomic E-state index is 0.0656. The van der Waals surface area contributed by atoms with E-state index in [-0.39, 0.29) is 23.6 Å². The van der Waals surface area contributed by atoms with Gasteiger partial charge in [-0.3, -0.25) is 0 Å². The highest BCUT2D eigenvalue weighted by Gasteiger charge is 2.27. The average molecular weight is 444 g/mol. The molecule has 1 aliphatic rings. The lowest BCUT2D eigenvalue weighted by Gasteiger charge is -2.37. The third-order valence-corrected chi connectivity index (χ3v) is 5.70. The molecule has 7 heteroatoms. The van der Waals surface area contributed by atoms with Crippen LogP contribution in [0.2, 0.25) is 0 Å². The van der Waals surface area contributed by atoms with Gasteiger partial charge < -0.3 is 25.0 Å². The Morgan fingerprint density at radius 3 is 2.47 bits per heavy atom. The quantitative estimate of drug-likeness (QED) is 0.636. The Hall–Kier alpha value is -2.80. The maximum absolute atomic E-state index is 13.3. The van der Waals surface area contributed by atoms with Crippen LogP contribution in [0.1, 0.15) is 37.8 Å². The Morgan fingerprint density at radius 2 is 1.84 bits per heavy atom. The summed E-state index contributed by atoms with van der Waals surface area (Å²) in [6.45, 7) is 7.20. The molecule has 0 saturated carbocycles. The van der Waals surface area contributed by atoms with E-state index in [1.54, 1.807) is 24.3 Å². The average Bonchev–Trinajstić information content (AvgIpc) is 2.77. The van der Waals surface area contributed by atoms with Crippen LogP contribution in [-0.4, -0.2) is 53.7 Å². The fourth-order valence-corrected chi connectivity index (χ4v) is 3.79. The van der Waals surface area contributed by atoms with E-state index in [1.807, 2.05) is 24.8 Å². The van der Waals surface area contributed by atoms with Gasteiger partial charge in [-0.25, -0.2) is 9.18 Å². The Kier molecular flexibility index (Phi) is 8.33. The first-order valence-electron chi connectivity index (χ1n) is 11.2. The fourth-order valence-electron chi connectivity index (χ4n) is 3.79. The second kappa shape index (κ2) is 11.2. The molecule has 2 aromatic carbocycles. The van der Waals surface area contributed by atoms with Gasteiger partial charge in [0, 0.05) is 19.1 Å². The number of carbonyl (C=O) groups excluding carboxylic acids is 1. The number of nitrogens with zero attached hydrogens (tertiary/aromatic N) is 2. The number of phenolic OH excluding ortho intramolecular Hbond substituents is 1. The van der Waals surface area contributed by atoms with Crippen molar-refractivity contribution in [3.05, 3.63) is 59.4 Å². The molecule has 0 radical (unpaired) electrons. The monoisotopic (exact) mass is 443 g/mol. The minimum atomic E-state index is -0.287. The first-order valence-corrected chi connectivity index (χ1v) is 11.2. The van der Waals surface area contributed by atoms with Gasteiger partial charge in [0.05, 0.1) is 6.61 Å². The number of nitrogens with one attached hydrogen (secondary N) is 1.